The molecule has 1 fully saturated rings. The Kier molecular flexibility index (Phi) is 5.85. The quantitative estimate of drug-likeness (QED) is 0.584. The molecule has 1 aliphatic heterocycles. The summed E-state index contributed by atoms with van der Waals surface area (Å²) in [4.78, 5) is 28.1. The van der Waals surface area contributed by atoms with Gasteiger partial charge in [0.1, 0.15) is 11.9 Å². The third-order valence-electron chi connectivity index (χ3n) is 5.12. The summed E-state index contributed by atoms with van der Waals surface area (Å²) >= 11 is 1.40. The predicted octanol–water partition coefficient (Wildman–Crippen LogP) is 2.81. The predicted molar refractivity (Wildman–Crippen MR) is 113 cm³/mol. The number of hydrogen-bond acceptors (Lipinski definition) is 3. The number of thioether (sulfide) groups is 1. The molecule has 5 nitrogen and oxygen atoms in total. The lowest BCUT2D eigenvalue weighted by Crippen LogP contribution is -2.54. The van der Waals surface area contributed by atoms with Crippen LogP contribution >= 0.6 is 11.8 Å². The average molecular weight is 412 g/mol. The summed E-state index contributed by atoms with van der Waals surface area (Å²) in [6, 6.07) is 13.9. The lowest BCUT2D eigenvalue weighted by molar-refractivity contribution is -0.128. The first-order chi connectivity index (χ1) is 14.1. The van der Waals surface area contributed by atoms with Crippen molar-refractivity contribution in [2.45, 2.75) is 24.1 Å². The Bertz CT molecular complexity index is 1040. The van der Waals surface area contributed by atoms with Gasteiger partial charge in [0.05, 0.1) is 5.25 Å². The van der Waals surface area contributed by atoms with Gasteiger partial charge in [-0.1, -0.05) is 36.4 Å². The molecule has 0 bridgehead atoms. The Hall–Kier alpha value is -2.80. The Morgan fingerprint density at radius 1 is 1.14 bits per heavy atom. The highest BCUT2D eigenvalue weighted by Gasteiger charge is 2.32. The second kappa shape index (κ2) is 8.69. The van der Waals surface area contributed by atoms with Crippen LogP contribution in [0.25, 0.3) is 10.9 Å². The number of para-hydroxylation sites is 1. The van der Waals surface area contributed by atoms with Crippen molar-refractivity contribution in [3.05, 3.63) is 71.7 Å². The van der Waals surface area contributed by atoms with Crippen molar-refractivity contribution < 1.29 is 14.0 Å². The number of fused-ring (bicyclic) bond motifs is 1. The lowest BCUT2D eigenvalue weighted by Gasteiger charge is -2.28. The molecule has 4 rings (SSSR count). The number of aromatic nitrogens is 1. The van der Waals surface area contributed by atoms with E-state index in [1.807, 2.05) is 24.4 Å². The molecular formula is C22H22FN3O2S. The molecule has 0 aliphatic carbocycles. The molecule has 1 aromatic heterocycles. The fourth-order valence-corrected chi connectivity index (χ4v) is 4.71. The van der Waals surface area contributed by atoms with E-state index in [0.29, 0.717) is 30.7 Å². The van der Waals surface area contributed by atoms with Crippen molar-refractivity contribution in [2.24, 2.45) is 0 Å². The summed E-state index contributed by atoms with van der Waals surface area (Å²) < 4.78 is 13.8. The van der Waals surface area contributed by atoms with Crippen LogP contribution in [0.3, 0.4) is 0 Å². The van der Waals surface area contributed by atoms with Crippen LogP contribution in [0.5, 0.6) is 0 Å². The maximum absolute atomic E-state index is 13.8. The summed E-state index contributed by atoms with van der Waals surface area (Å²) in [5.74, 6) is -0.238. The van der Waals surface area contributed by atoms with Crippen molar-refractivity contribution in [2.75, 3.05) is 12.3 Å². The van der Waals surface area contributed by atoms with Gasteiger partial charge < -0.3 is 15.6 Å². The molecule has 0 saturated carbocycles. The zero-order chi connectivity index (χ0) is 20.2. The molecule has 2 heterocycles. The topological polar surface area (TPSA) is 74.0 Å². The molecule has 29 heavy (non-hydrogen) atoms. The standard InChI is InChI=1S/C22H22FN3O2S/c23-17-7-3-1-5-14(17)11-20-22(28)26-19(13-29-20)21(27)24-10-9-15-12-25-18-8-4-2-6-16(15)18/h1-8,12,19-20,25H,9-11,13H2,(H,24,27)(H,26,28)/t19-,20-/m0/s1. The molecule has 1 saturated heterocycles. The van der Waals surface area contributed by atoms with E-state index in [2.05, 4.69) is 21.7 Å². The summed E-state index contributed by atoms with van der Waals surface area (Å²) in [6.45, 7) is 0.496. The van der Waals surface area contributed by atoms with E-state index in [1.165, 1.54) is 17.8 Å². The van der Waals surface area contributed by atoms with E-state index in [0.717, 1.165) is 16.5 Å². The van der Waals surface area contributed by atoms with Crippen molar-refractivity contribution >= 4 is 34.5 Å². The van der Waals surface area contributed by atoms with E-state index in [9.17, 15) is 14.0 Å². The number of nitrogens with one attached hydrogen (secondary N) is 3. The summed E-state index contributed by atoms with van der Waals surface area (Å²) in [6.07, 6.45) is 2.99. The van der Waals surface area contributed by atoms with Crippen LogP contribution in [0.1, 0.15) is 11.1 Å². The van der Waals surface area contributed by atoms with Gasteiger partial charge in [0.2, 0.25) is 11.8 Å². The Morgan fingerprint density at radius 3 is 2.76 bits per heavy atom. The molecule has 0 unspecified atom stereocenters. The van der Waals surface area contributed by atoms with Gasteiger partial charge in [-0.3, -0.25) is 9.59 Å². The minimum atomic E-state index is -0.563. The first-order valence-electron chi connectivity index (χ1n) is 9.60. The van der Waals surface area contributed by atoms with E-state index in [1.54, 1.807) is 18.2 Å². The second-order valence-corrected chi connectivity index (χ2v) is 8.31. The van der Waals surface area contributed by atoms with Crippen molar-refractivity contribution in [3.8, 4) is 0 Å². The van der Waals surface area contributed by atoms with Crippen LogP contribution in [-0.2, 0) is 22.4 Å². The number of H-pyrrole nitrogens is 1. The summed E-state index contributed by atoms with van der Waals surface area (Å²) in [5.41, 5.74) is 2.74. The van der Waals surface area contributed by atoms with Gasteiger partial charge >= 0.3 is 0 Å². The summed E-state index contributed by atoms with van der Waals surface area (Å²) in [5, 5.41) is 6.45. The number of amides is 2. The molecule has 3 aromatic rings. The smallest absolute Gasteiger partial charge is 0.243 e. The molecule has 7 heteroatoms. The zero-order valence-corrected chi connectivity index (χ0v) is 16.6. The fourth-order valence-electron chi connectivity index (χ4n) is 3.53. The summed E-state index contributed by atoms with van der Waals surface area (Å²) in [7, 11) is 0. The molecule has 0 radical (unpaired) electrons. The average Bonchev–Trinajstić information content (AvgIpc) is 3.14. The number of hydrogen-bond donors (Lipinski definition) is 3. The monoisotopic (exact) mass is 411 g/mol. The van der Waals surface area contributed by atoms with Gasteiger partial charge in [0.15, 0.2) is 0 Å². The third-order valence-corrected chi connectivity index (χ3v) is 6.43. The number of benzene rings is 2. The first kappa shape index (κ1) is 19.5. The highest BCUT2D eigenvalue weighted by molar-refractivity contribution is 8.00. The fraction of sp³-hybridized carbons (Fsp3) is 0.273. The van der Waals surface area contributed by atoms with Crippen molar-refractivity contribution in [1.82, 2.24) is 15.6 Å². The number of halogens is 1. The van der Waals surface area contributed by atoms with Gasteiger partial charge in [-0.15, -0.1) is 11.8 Å². The molecule has 2 atom stereocenters. The van der Waals surface area contributed by atoms with E-state index >= 15 is 0 Å². The van der Waals surface area contributed by atoms with Gasteiger partial charge in [0, 0.05) is 29.4 Å². The first-order valence-corrected chi connectivity index (χ1v) is 10.6. The lowest BCUT2D eigenvalue weighted by atomic mass is 10.1. The van der Waals surface area contributed by atoms with Crippen LogP contribution in [0.15, 0.2) is 54.7 Å². The zero-order valence-electron chi connectivity index (χ0n) is 15.8. The highest BCUT2D eigenvalue weighted by atomic mass is 32.2. The minimum absolute atomic E-state index is 0.185. The van der Waals surface area contributed by atoms with Crippen LogP contribution in [0.4, 0.5) is 4.39 Å². The Labute approximate surface area is 172 Å². The van der Waals surface area contributed by atoms with Crippen molar-refractivity contribution in [3.63, 3.8) is 0 Å². The van der Waals surface area contributed by atoms with Gasteiger partial charge in [-0.2, -0.15) is 0 Å². The van der Waals surface area contributed by atoms with E-state index in [-0.39, 0.29) is 22.9 Å². The normalized spacial score (nSPS) is 19.1. The van der Waals surface area contributed by atoms with Gasteiger partial charge in [-0.25, -0.2) is 4.39 Å². The Morgan fingerprint density at radius 2 is 1.93 bits per heavy atom. The molecule has 0 spiro atoms. The van der Waals surface area contributed by atoms with E-state index < -0.39 is 6.04 Å². The highest BCUT2D eigenvalue weighted by Crippen LogP contribution is 2.23. The number of carbonyl (C=O) groups is 2. The minimum Gasteiger partial charge on any atom is -0.361 e. The van der Waals surface area contributed by atoms with Crippen LogP contribution in [-0.4, -0.2) is 40.4 Å². The maximum atomic E-state index is 13.8. The van der Waals surface area contributed by atoms with Crippen molar-refractivity contribution in [1.29, 1.82) is 0 Å². The Balaban J connectivity index is 1.27. The number of rotatable bonds is 6. The van der Waals surface area contributed by atoms with Crippen LogP contribution in [0, 0.1) is 5.82 Å². The maximum Gasteiger partial charge on any atom is 0.243 e. The van der Waals surface area contributed by atoms with Gasteiger partial charge in [0.25, 0.3) is 0 Å². The van der Waals surface area contributed by atoms with Gasteiger partial charge in [-0.05, 0) is 36.1 Å². The number of aromatic amines is 1. The second-order valence-electron chi connectivity index (χ2n) is 7.08. The molecule has 2 aromatic carbocycles. The molecular weight excluding hydrogens is 389 g/mol. The molecule has 2 amide bonds. The van der Waals surface area contributed by atoms with Crippen LogP contribution < -0.4 is 10.6 Å². The third kappa shape index (κ3) is 4.45. The molecule has 150 valence electrons. The molecule has 1 aliphatic rings. The van der Waals surface area contributed by atoms with E-state index in [4.69, 9.17) is 0 Å². The molecule has 3 N–H and O–H groups in total. The van der Waals surface area contributed by atoms with Crippen LogP contribution in [0.2, 0.25) is 0 Å². The number of carbonyl (C=O) groups excluding carboxylic acids is 2. The SMILES string of the molecule is O=C(NCCc1c[nH]c2ccccc12)[C@@H]1CS[C@@H](Cc2ccccc2F)C(=O)N1. The largest absolute Gasteiger partial charge is 0.361 e.